The number of anilines is 2. The van der Waals surface area contributed by atoms with Gasteiger partial charge in [0.1, 0.15) is 6.54 Å². The maximum atomic E-state index is 13.0. The topological polar surface area (TPSA) is 69.7 Å². The van der Waals surface area contributed by atoms with Crippen molar-refractivity contribution in [1.29, 1.82) is 0 Å². The quantitative estimate of drug-likeness (QED) is 0.440. The van der Waals surface area contributed by atoms with Gasteiger partial charge in [0.2, 0.25) is 5.91 Å². The van der Waals surface area contributed by atoms with Crippen molar-refractivity contribution >= 4 is 63.4 Å². The number of hydrogen-bond acceptors (Lipinski definition) is 5. The lowest BCUT2D eigenvalue weighted by atomic mass is 9.86. The first kappa shape index (κ1) is 26.0. The summed E-state index contributed by atoms with van der Waals surface area (Å²) in [6.07, 6.45) is 4.02. The second kappa shape index (κ2) is 9.79. The van der Waals surface area contributed by atoms with Crippen LogP contribution in [0.15, 0.2) is 47.4 Å². The van der Waals surface area contributed by atoms with Crippen LogP contribution in [-0.4, -0.2) is 40.1 Å². The van der Waals surface area contributed by atoms with Gasteiger partial charge >= 0.3 is 0 Å². The molecule has 36 heavy (non-hydrogen) atoms. The number of nitrogens with zero attached hydrogens (tertiary/aromatic N) is 2. The van der Waals surface area contributed by atoms with Crippen LogP contribution in [0.4, 0.5) is 16.2 Å². The van der Waals surface area contributed by atoms with Gasteiger partial charge in [-0.25, -0.2) is 0 Å². The number of benzene rings is 2. The summed E-state index contributed by atoms with van der Waals surface area (Å²) in [6, 6.07) is 11.2. The summed E-state index contributed by atoms with van der Waals surface area (Å²) in [5.74, 6) is -0.923. The van der Waals surface area contributed by atoms with E-state index >= 15 is 0 Å². The van der Waals surface area contributed by atoms with Crippen LogP contribution in [0.5, 0.6) is 0 Å². The minimum Gasteiger partial charge on any atom is -0.360 e. The molecule has 0 radical (unpaired) electrons. The average Bonchev–Trinajstić information content (AvgIpc) is 3.03. The zero-order chi connectivity index (χ0) is 26.4. The molecule has 2 aliphatic heterocycles. The molecule has 3 amide bonds. The average molecular weight is 524 g/mol. The van der Waals surface area contributed by atoms with Crippen molar-refractivity contribution in [3.8, 4) is 0 Å². The molecule has 6 nitrogen and oxygen atoms in total. The lowest BCUT2D eigenvalue weighted by Gasteiger charge is -2.46. The fourth-order valence-corrected chi connectivity index (χ4v) is 5.92. The predicted molar refractivity (Wildman–Crippen MR) is 149 cm³/mol. The number of fused-ring (bicyclic) bond motifs is 1. The van der Waals surface area contributed by atoms with Crippen LogP contribution in [0.25, 0.3) is 11.6 Å². The van der Waals surface area contributed by atoms with Crippen molar-refractivity contribution < 1.29 is 14.4 Å². The molecule has 0 atom stereocenters. The summed E-state index contributed by atoms with van der Waals surface area (Å²) in [4.78, 5) is 41.8. The minimum absolute atomic E-state index is 0.117. The van der Waals surface area contributed by atoms with Gasteiger partial charge in [-0.05, 0) is 112 Å². The number of aryl methyl sites for hydroxylation is 1. The number of rotatable bonds is 5. The first-order chi connectivity index (χ1) is 16.9. The van der Waals surface area contributed by atoms with E-state index in [1.165, 1.54) is 5.57 Å². The number of hydrogen-bond donors (Lipinski definition) is 1. The molecule has 8 heteroatoms. The summed E-state index contributed by atoms with van der Waals surface area (Å²) in [6.45, 7) is 12.5. The number of carbonyl (C=O) groups is 3. The normalized spacial score (nSPS) is 18.1. The molecule has 0 unspecified atom stereocenters. The molecule has 2 aromatic carbocycles. The Morgan fingerprint density at radius 3 is 2.44 bits per heavy atom. The second-order valence-electron chi connectivity index (χ2n) is 9.99. The molecule has 2 aromatic rings. The van der Waals surface area contributed by atoms with Crippen LogP contribution >= 0.6 is 23.4 Å². The highest BCUT2D eigenvalue weighted by Crippen LogP contribution is 2.42. The first-order valence-electron chi connectivity index (χ1n) is 11.8. The van der Waals surface area contributed by atoms with E-state index in [1.807, 2.05) is 6.92 Å². The molecule has 0 saturated carbocycles. The van der Waals surface area contributed by atoms with Gasteiger partial charge in [0, 0.05) is 28.0 Å². The van der Waals surface area contributed by atoms with E-state index in [4.69, 9.17) is 11.6 Å². The molecule has 4 rings (SSSR count). The van der Waals surface area contributed by atoms with Crippen molar-refractivity contribution in [1.82, 2.24) is 4.90 Å². The molecule has 2 aliphatic rings. The van der Waals surface area contributed by atoms with Crippen LogP contribution in [0.3, 0.4) is 0 Å². The molecule has 188 valence electrons. The number of thioether (sulfide) groups is 1. The number of halogens is 1. The van der Waals surface area contributed by atoms with Crippen LogP contribution in [0.1, 0.15) is 51.3 Å². The smallest absolute Gasteiger partial charge is 0.294 e. The van der Waals surface area contributed by atoms with Gasteiger partial charge < -0.3 is 10.2 Å². The molecule has 0 aliphatic carbocycles. The van der Waals surface area contributed by atoms with E-state index in [2.05, 4.69) is 63.0 Å². The lowest BCUT2D eigenvalue weighted by molar-refractivity contribution is -0.127. The van der Waals surface area contributed by atoms with Gasteiger partial charge in [-0.2, -0.15) is 0 Å². The Balaban J connectivity index is 1.58. The lowest BCUT2D eigenvalue weighted by Crippen LogP contribution is -2.49. The molecular weight excluding hydrogens is 494 g/mol. The fourth-order valence-electron chi connectivity index (χ4n) is 4.97. The zero-order valence-corrected chi connectivity index (χ0v) is 22.9. The largest absolute Gasteiger partial charge is 0.360 e. The molecule has 2 heterocycles. The summed E-state index contributed by atoms with van der Waals surface area (Å²) in [5, 5.41) is 2.77. The Kier molecular flexibility index (Phi) is 7.08. The molecule has 1 fully saturated rings. The predicted octanol–water partition coefficient (Wildman–Crippen LogP) is 6.73. The van der Waals surface area contributed by atoms with Crippen LogP contribution in [-0.2, 0) is 9.59 Å². The standard InChI is InChI=1S/C28H30ClN3O3S/c1-16(2)32-23-11-17(3)19(12-22(23)18(4)14-28(32,5)6)13-24-26(34)31(27(35)36-24)15-25(33)30-21-9-7-20(29)8-10-21/h7-14,16H,15H2,1-6H3,(H,30,33)/b24-13-. The van der Waals surface area contributed by atoms with E-state index in [-0.39, 0.29) is 12.1 Å². The highest BCUT2D eigenvalue weighted by molar-refractivity contribution is 8.18. The number of nitrogens with one attached hydrogen (secondary N) is 1. The summed E-state index contributed by atoms with van der Waals surface area (Å²) >= 11 is 6.73. The van der Waals surface area contributed by atoms with Crippen molar-refractivity contribution in [2.75, 3.05) is 16.8 Å². The highest BCUT2D eigenvalue weighted by Gasteiger charge is 2.37. The Hall–Kier alpha value is -3.03. The Morgan fingerprint density at radius 2 is 1.81 bits per heavy atom. The van der Waals surface area contributed by atoms with Crippen molar-refractivity contribution in [3.63, 3.8) is 0 Å². The Bertz CT molecular complexity index is 1310. The molecule has 0 spiro atoms. The number of imide groups is 1. The van der Waals surface area contributed by atoms with Gasteiger partial charge in [-0.1, -0.05) is 17.7 Å². The fraction of sp³-hybridized carbons (Fsp3) is 0.321. The maximum Gasteiger partial charge on any atom is 0.294 e. The Morgan fingerprint density at radius 1 is 1.14 bits per heavy atom. The third-order valence-electron chi connectivity index (χ3n) is 6.37. The monoisotopic (exact) mass is 523 g/mol. The van der Waals surface area contributed by atoms with Crippen LogP contribution in [0, 0.1) is 6.92 Å². The van der Waals surface area contributed by atoms with E-state index in [1.54, 1.807) is 30.3 Å². The van der Waals surface area contributed by atoms with Crippen molar-refractivity contribution in [2.24, 2.45) is 0 Å². The number of allylic oxidation sites excluding steroid dienone is 1. The van der Waals surface area contributed by atoms with Crippen molar-refractivity contribution in [2.45, 2.75) is 53.1 Å². The molecule has 1 saturated heterocycles. The third-order valence-corrected chi connectivity index (χ3v) is 7.53. The molecule has 0 bridgehead atoms. The first-order valence-corrected chi connectivity index (χ1v) is 13.0. The molecule has 1 N–H and O–H groups in total. The van der Waals surface area contributed by atoms with Gasteiger partial charge in [0.05, 0.1) is 10.4 Å². The van der Waals surface area contributed by atoms with Crippen LogP contribution < -0.4 is 10.2 Å². The molecule has 0 aromatic heterocycles. The summed E-state index contributed by atoms with van der Waals surface area (Å²) in [5.41, 5.74) is 5.76. The summed E-state index contributed by atoms with van der Waals surface area (Å²) in [7, 11) is 0. The Labute approximate surface area is 221 Å². The van der Waals surface area contributed by atoms with Crippen LogP contribution in [0.2, 0.25) is 5.02 Å². The van der Waals surface area contributed by atoms with E-state index in [0.29, 0.717) is 21.7 Å². The maximum absolute atomic E-state index is 13.0. The highest BCUT2D eigenvalue weighted by atomic mass is 35.5. The van der Waals surface area contributed by atoms with Gasteiger partial charge in [-0.3, -0.25) is 19.3 Å². The second-order valence-corrected chi connectivity index (χ2v) is 11.4. The van der Waals surface area contributed by atoms with E-state index in [9.17, 15) is 14.4 Å². The van der Waals surface area contributed by atoms with E-state index < -0.39 is 17.1 Å². The van der Waals surface area contributed by atoms with E-state index in [0.717, 1.165) is 39.0 Å². The number of amides is 3. The van der Waals surface area contributed by atoms with Gasteiger partial charge in [-0.15, -0.1) is 0 Å². The molecular formula is C28H30ClN3O3S. The minimum atomic E-state index is -0.467. The SMILES string of the molecule is CC1=CC(C)(C)N(C(C)C)c2cc(C)c(/C=C3\SC(=O)N(CC(=O)Nc4ccc(Cl)cc4)C3=O)cc21. The summed E-state index contributed by atoms with van der Waals surface area (Å²) < 4.78 is 0. The van der Waals surface area contributed by atoms with Gasteiger partial charge in [0.15, 0.2) is 0 Å². The number of carbonyl (C=O) groups excluding carboxylic acids is 3. The van der Waals surface area contributed by atoms with Gasteiger partial charge in [0.25, 0.3) is 11.1 Å². The zero-order valence-electron chi connectivity index (χ0n) is 21.3. The van der Waals surface area contributed by atoms with Crippen molar-refractivity contribution in [3.05, 3.63) is 69.1 Å². The third kappa shape index (κ3) is 5.08.